The molecule has 2 heterocycles. The van der Waals surface area contributed by atoms with Crippen molar-refractivity contribution in [2.24, 2.45) is 0 Å². The van der Waals surface area contributed by atoms with Gasteiger partial charge in [0.1, 0.15) is 23.0 Å². The van der Waals surface area contributed by atoms with Crippen LogP contribution in [0.5, 0.6) is 11.6 Å². The van der Waals surface area contributed by atoms with Crippen LogP contribution in [0.3, 0.4) is 0 Å². The second-order valence-corrected chi connectivity index (χ2v) is 9.96. The van der Waals surface area contributed by atoms with Gasteiger partial charge in [-0.2, -0.15) is 9.29 Å². The molecule has 0 saturated carbocycles. The molecule has 0 amide bonds. The molecule has 0 atom stereocenters. The fourth-order valence-electron chi connectivity index (χ4n) is 3.84. The van der Waals surface area contributed by atoms with E-state index in [1.54, 1.807) is 25.1 Å². The van der Waals surface area contributed by atoms with Crippen LogP contribution in [0.25, 0.3) is 0 Å². The molecule has 1 aliphatic heterocycles. The van der Waals surface area contributed by atoms with E-state index in [0.29, 0.717) is 23.3 Å². The van der Waals surface area contributed by atoms with Gasteiger partial charge in [-0.25, -0.2) is 13.4 Å². The van der Waals surface area contributed by atoms with Crippen LogP contribution in [-0.2, 0) is 10.0 Å². The molecular formula is C22H22N6O7S. The number of anilines is 1. The van der Waals surface area contributed by atoms with Gasteiger partial charge in [-0.1, -0.05) is 18.2 Å². The summed E-state index contributed by atoms with van der Waals surface area (Å²) in [5.74, 6) is 2.00. The molecule has 0 unspecified atom stereocenters. The highest BCUT2D eigenvalue weighted by Crippen LogP contribution is 2.33. The van der Waals surface area contributed by atoms with E-state index in [4.69, 9.17) is 4.74 Å². The number of aromatic nitrogens is 2. The van der Waals surface area contributed by atoms with Crippen molar-refractivity contribution in [3.63, 3.8) is 0 Å². The second-order valence-electron chi connectivity index (χ2n) is 8.02. The number of para-hydroxylation sites is 1. The number of nitrogens with zero attached hydrogens (tertiary/aromatic N) is 6. The maximum absolute atomic E-state index is 13.2. The third-order valence-corrected chi connectivity index (χ3v) is 7.56. The molecule has 4 rings (SSSR count). The summed E-state index contributed by atoms with van der Waals surface area (Å²) in [7, 11) is -4.21. The van der Waals surface area contributed by atoms with Crippen LogP contribution in [0, 0.1) is 34.1 Å². The van der Waals surface area contributed by atoms with E-state index in [2.05, 4.69) is 9.97 Å². The first kappa shape index (κ1) is 24.9. The number of nitro benzene ring substituents is 2. The Balaban J connectivity index is 1.54. The molecule has 1 aromatic heterocycles. The number of nitro groups is 2. The molecule has 2 aromatic carbocycles. The Morgan fingerprint density at radius 1 is 0.889 bits per heavy atom. The van der Waals surface area contributed by atoms with Crippen molar-refractivity contribution in [3.05, 3.63) is 80.1 Å². The molecule has 1 aliphatic rings. The fraction of sp³-hybridized carbons (Fsp3) is 0.273. The number of piperazine rings is 1. The van der Waals surface area contributed by atoms with Crippen molar-refractivity contribution >= 4 is 27.2 Å². The van der Waals surface area contributed by atoms with Gasteiger partial charge in [0.15, 0.2) is 0 Å². The second kappa shape index (κ2) is 9.83. The molecule has 3 aromatic rings. The first-order chi connectivity index (χ1) is 17.1. The molecule has 0 N–H and O–H groups in total. The molecule has 0 bridgehead atoms. The Hall–Kier alpha value is -4.17. The average Bonchev–Trinajstić information content (AvgIpc) is 2.84. The van der Waals surface area contributed by atoms with Crippen LogP contribution in [0.1, 0.15) is 11.4 Å². The summed E-state index contributed by atoms with van der Waals surface area (Å²) in [5.41, 5.74) is -1.45. The SMILES string of the molecule is Cc1nc(Oc2ccccc2)cc(N2CCN(S(=O)(=O)c3cc([N+](=O)[O-])c(C)c([N+](=O)[O-])c3)CC2)n1. The Morgan fingerprint density at radius 2 is 1.47 bits per heavy atom. The van der Waals surface area contributed by atoms with E-state index in [1.165, 1.54) is 6.92 Å². The highest BCUT2D eigenvalue weighted by Gasteiger charge is 2.33. The highest BCUT2D eigenvalue weighted by molar-refractivity contribution is 7.89. The van der Waals surface area contributed by atoms with Crippen molar-refractivity contribution in [3.8, 4) is 11.6 Å². The highest BCUT2D eigenvalue weighted by atomic mass is 32.2. The van der Waals surface area contributed by atoms with Gasteiger partial charge in [-0.3, -0.25) is 20.2 Å². The van der Waals surface area contributed by atoms with Gasteiger partial charge >= 0.3 is 0 Å². The fourth-order valence-corrected chi connectivity index (χ4v) is 5.31. The predicted molar refractivity (Wildman–Crippen MR) is 129 cm³/mol. The molecule has 13 nitrogen and oxygen atoms in total. The predicted octanol–water partition coefficient (Wildman–Crippen LogP) is 3.21. The Bertz CT molecular complexity index is 1390. The largest absolute Gasteiger partial charge is 0.439 e. The monoisotopic (exact) mass is 514 g/mol. The summed E-state index contributed by atoms with van der Waals surface area (Å²) in [5, 5.41) is 22.7. The standard InChI is InChI=1S/C22H22N6O7S/c1-15-19(27(29)30)12-18(13-20(15)28(31)32)36(33,34)26-10-8-25(9-11-26)21-14-22(24-16(2)23-21)35-17-6-4-3-5-7-17/h3-7,12-14H,8-11H2,1-2H3. The smallest absolute Gasteiger partial charge is 0.280 e. The minimum atomic E-state index is -4.21. The average molecular weight is 515 g/mol. The van der Waals surface area contributed by atoms with Crippen LogP contribution in [0.2, 0.25) is 0 Å². The Morgan fingerprint density at radius 3 is 2.03 bits per heavy atom. The van der Waals surface area contributed by atoms with Crippen molar-refractivity contribution in [2.45, 2.75) is 18.7 Å². The van der Waals surface area contributed by atoms with Crippen molar-refractivity contribution < 1.29 is 23.0 Å². The molecule has 1 fully saturated rings. The topological polar surface area (TPSA) is 162 Å². The maximum atomic E-state index is 13.2. The molecular weight excluding hydrogens is 492 g/mol. The third kappa shape index (κ3) is 5.08. The molecule has 14 heteroatoms. The van der Waals surface area contributed by atoms with Crippen molar-refractivity contribution in [2.75, 3.05) is 31.1 Å². The van der Waals surface area contributed by atoms with E-state index < -0.39 is 36.1 Å². The first-order valence-corrected chi connectivity index (χ1v) is 12.3. The Labute approximate surface area is 206 Å². The molecule has 36 heavy (non-hydrogen) atoms. The lowest BCUT2D eigenvalue weighted by Crippen LogP contribution is -2.49. The Kier molecular flexibility index (Phi) is 6.81. The van der Waals surface area contributed by atoms with Crippen LogP contribution < -0.4 is 9.64 Å². The minimum Gasteiger partial charge on any atom is -0.439 e. The van der Waals surface area contributed by atoms with Gasteiger partial charge in [0.2, 0.25) is 15.9 Å². The lowest BCUT2D eigenvalue weighted by atomic mass is 10.1. The van der Waals surface area contributed by atoms with Gasteiger partial charge in [0.05, 0.1) is 14.7 Å². The van der Waals surface area contributed by atoms with E-state index in [-0.39, 0.29) is 31.7 Å². The zero-order valence-electron chi connectivity index (χ0n) is 19.4. The quantitative estimate of drug-likeness (QED) is 0.338. The number of ether oxygens (including phenoxy) is 1. The molecule has 1 saturated heterocycles. The lowest BCUT2D eigenvalue weighted by molar-refractivity contribution is -0.395. The van der Waals surface area contributed by atoms with Gasteiger partial charge in [0.25, 0.3) is 11.4 Å². The summed E-state index contributed by atoms with van der Waals surface area (Å²) in [6.07, 6.45) is 0. The summed E-state index contributed by atoms with van der Waals surface area (Å²) in [6.45, 7) is 3.59. The van der Waals surface area contributed by atoms with Crippen LogP contribution in [0.4, 0.5) is 17.2 Å². The number of hydrogen-bond acceptors (Lipinski definition) is 10. The van der Waals surface area contributed by atoms with Gasteiger partial charge in [0, 0.05) is 44.4 Å². The van der Waals surface area contributed by atoms with Gasteiger partial charge in [-0.05, 0) is 26.0 Å². The summed E-state index contributed by atoms with van der Waals surface area (Å²) in [6, 6.07) is 12.5. The minimum absolute atomic E-state index is 0.0513. The molecule has 0 radical (unpaired) electrons. The van der Waals surface area contributed by atoms with E-state index in [0.717, 1.165) is 16.4 Å². The zero-order valence-corrected chi connectivity index (χ0v) is 20.2. The van der Waals surface area contributed by atoms with Gasteiger partial charge in [-0.15, -0.1) is 0 Å². The normalized spacial score (nSPS) is 14.4. The zero-order chi connectivity index (χ0) is 26.0. The number of sulfonamides is 1. The van der Waals surface area contributed by atoms with Crippen LogP contribution in [0.15, 0.2) is 53.4 Å². The van der Waals surface area contributed by atoms with Crippen molar-refractivity contribution in [1.29, 1.82) is 0 Å². The maximum Gasteiger partial charge on any atom is 0.280 e. The number of hydrogen-bond donors (Lipinski definition) is 0. The van der Waals surface area contributed by atoms with Gasteiger partial charge < -0.3 is 9.64 Å². The molecule has 188 valence electrons. The van der Waals surface area contributed by atoms with Crippen LogP contribution in [-0.4, -0.2) is 58.7 Å². The van der Waals surface area contributed by atoms with Crippen molar-refractivity contribution in [1.82, 2.24) is 14.3 Å². The van der Waals surface area contributed by atoms with E-state index >= 15 is 0 Å². The number of rotatable bonds is 7. The third-order valence-electron chi connectivity index (χ3n) is 5.69. The summed E-state index contributed by atoms with van der Waals surface area (Å²) in [4.78, 5) is 31.2. The molecule has 0 spiro atoms. The molecule has 0 aliphatic carbocycles. The van der Waals surface area contributed by atoms with Crippen LogP contribution >= 0.6 is 0 Å². The van der Waals surface area contributed by atoms with E-state index in [9.17, 15) is 28.6 Å². The van der Waals surface area contributed by atoms with E-state index in [1.807, 2.05) is 23.1 Å². The summed E-state index contributed by atoms with van der Waals surface area (Å²) >= 11 is 0. The first-order valence-electron chi connectivity index (χ1n) is 10.8. The number of aryl methyl sites for hydroxylation is 1. The summed E-state index contributed by atoms with van der Waals surface area (Å²) < 4.78 is 33.4. The lowest BCUT2D eigenvalue weighted by Gasteiger charge is -2.34. The number of benzene rings is 2.